The quantitative estimate of drug-likeness (QED) is 0.716. The number of alkyl carbamates (subject to hydrolysis) is 1. The molecule has 0 aliphatic carbocycles. The summed E-state index contributed by atoms with van der Waals surface area (Å²) in [6.07, 6.45) is 2.67. The third-order valence-electron chi connectivity index (χ3n) is 1.55. The van der Waals surface area contributed by atoms with Crippen LogP contribution < -0.4 is 11.1 Å². The molecule has 0 aromatic carbocycles. The Hall–Kier alpha value is -0.770. The molecule has 0 bridgehead atoms. The number of hydrogen-bond donors (Lipinski definition) is 2. The molecule has 3 N–H and O–H groups in total. The molecule has 98 valence electrons. The molecular weight excluding hydrogens is 204 g/mol. The van der Waals surface area contributed by atoms with E-state index in [-0.39, 0.29) is 6.09 Å². The molecule has 4 nitrogen and oxygen atoms in total. The second-order valence-electron chi connectivity index (χ2n) is 4.28. The molecule has 0 rings (SSSR count). The molecule has 4 heteroatoms. The van der Waals surface area contributed by atoms with Crippen molar-refractivity contribution >= 4 is 6.09 Å². The van der Waals surface area contributed by atoms with E-state index in [1.54, 1.807) is 0 Å². The lowest BCUT2D eigenvalue weighted by Gasteiger charge is -2.19. The highest BCUT2D eigenvalue weighted by molar-refractivity contribution is 5.67. The fourth-order valence-corrected chi connectivity index (χ4v) is 0.951. The molecule has 0 unspecified atom stereocenters. The minimum atomic E-state index is -0.415. The predicted molar refractivity (Wildman–Crippen MR) is 68.5 cm³/mol. The van der Waals surface area contributed by atoms with E-state index in [9.17, 15) is 4.79 Å². The maximum Gasteiger partial charge on any atom is 0.407 e. The minimum absolute atomic E-state index is 0.342. The van der Waals surface area contributed by atoms with Crippen molar-refractivity contribution in [2.75, 3.05) is 13.1 Å². The zero-order chi connectivity index (χ0) is 13.0. The van der Waals surface area contributed by atoms with Gasteiger partial charge < -0.3 is 15.8 Å². The molecule has 0 aromatic rings. The molecule has 0 aliphatic rings. The molecule has 0 fully saturated rings. The van der Waals surface area contributed by atoms with E-state index in [4.69, 9.17) is 10.5 Å². The molecular formula is C12H28N2O2. The van der Waals surface area contributed by atoms with Crippen molar-refractivity contribution < 1.29 is 9.53 Å². The fraction of sp³-hybridized carbons (Fsp3) is 0.917. The van der Waals surface area contributed by atoms with Gasteiger partial charge in [-0.3, -0.25) is 0 Å². The lowest BCUT2D eigenvalue weighted by molar-refractivity contribution is 0.0527. The maximum atomic E-state index is 11.1. The summed E-state index contributed by atoms with van der Waals surface area (Å²) >= 11 is 0. The Morgan fingerprint density at radius 1 is 1.19 bits per heavy atom. The van der Waals surface area contributed by atoms with Crippen molar-refractivity contribution in [1.29, 1.82) is 0 Å². The highest BCUT2D eigenvalue weighted by Gasteiger charge is 2.15. The average Bonchev–Trinajstić information content (AvgIpc) is 2.18. The Labute approximate surface area is 99.9 Å². The van der Waals surface area contributed by atoms with Gasteiger partial charge in [-0.2, -0.15) is 0 Å². The maximum absolute atomic E-state index is 11.1. The SMILES string of the molecule is CC.CC(C)(C)OC(=O)NCCCCCN. The highest BCUT2D eigenvalue weighted by atomic mass is 16.6. The molecule has 0 aromatic heterocycles. The Morgan fingerprint density at radius 3 is 2.19 bits per heavy atom. The van der Waals surface area contributed by atoms with Gasteiger partial charge in [0.15, 0.2) is 0 Å². The van der Waals surface area contributed by atoms with Gasteiger partial charge in [0.25, 0.3) is 0 Å². The van der Waals surface area contributed by atoms with Crippen LogP contribution in [0.1, 0.15) is 53.9 Å². The number of amides is 1. The first-order valence-electron chi connectivity index (χ1n) is 6.12. The molecule has 0 radical (unpaired) electrons. The molecule has 0 saturated heterocycles. The van der Waals surface area contributed by atoms with Crippen molar-refractivity contribution in [1.82, 2.24) is 5.32 Å². The molecule has 0 heterocycles. The van der Waals surface area contributed by atoms with Gasteiger partial charge in [0.2, 0.25) is 0 Å². The molecule has 0 atom stereocenters. The van der Waals surface area contributed by atoms with Crippen LogP contribution in [-0.4, -0.2) is 24.8 Å². The lowest BCUT2D eigenvalue weighted by Crippen LogP contribution is -2.33. The summed E-state index contributed by atoms with van der Waals surface area (Å²) in [6, 6.07) is 0. The number of hydrogen-bond acceptors (Lipinski definition) is 3. The Bertz CT molecular complexity index is 165. The number of carbonyl (C=O) groups is 1. The zero-order valence-electron chi connectivity index (χ0n) is 11.4. The van der Waals surface area contributed by atoms with Gasteiger partial charge in [-0.05, 0) is 40.2 Å². The van der Waals surface area contributed by atoms with Crippen LogP contribution in [0.4, 0.5) is 4.79 Å². The van der Waals surface area contributed by atoms with E-state index in [0.29, 0.717) is 13.1 Å². The Kier molecular flexibility index (Phi) is 11.8. The van der Waals surface area contributed by atoms with Gasteiger partial charge in [0.05, 0.1) is 0 Å². The standard InChI is InChI=1S/C10H22N2O2.C2H6/c1-10(2,3)14-9(13)12-8-6-4-5-7-11;1-2/h4-8,11H2,1-3H3,(H,12,13);1-2H3. The van der Waals surface area contributed by atoms with Crippen LogP contribution in [-0.2, 0) is 4.74 Å². The van der Waals surface area contributed by atoms with Crippen molar-refractivity contribution in [3.8, 4) is 0 Å². The van der Waals surface area contributed by atoms with E-state index in [1.807, 2.05) is 34.6 Å². The summed E-state index contributed by atoms with van der Waals surface area (Å²) in [7, 11) is 0. The van der Waals surface area contributed by atoms with E-state index >= 15 is 0 Å². The zero-order valence-corrected chi connectivity index (χ0v) is 11.4. The van der Waals surface area contributed by atoms with Crippen molar-refractivity contribution in [2.45, 2.75) is 59.5 Å². The van der Waals surface area contributed by atoms with Gasteiger partial charge in [0.1, 0.15) is 5.60 Å². The molecule has 16 heavy (non-hydrogen) atoms. The molecule has 0 aliphatic heterocycles. The van der Waals surface area contributed by atoms with E-state index < -0.39 is 5.60 Å². The van der Waals surface area contributed by atoms with Crippen LogP contribution >= 0.6 is 0 Å². The van der Waals surface area contributed by atoms with Crippen LogP contribution in [0, 0.1) is 0 Å². The van der Waals surface area contributed by atoms with Gasteiger partial charge >= 0.3 is 6.09 Å². The second-order valence-corrected chi connectivity index (χ2v) is 4.28. The normalized spacial score (nSPS) is 10.1. The van der Waals surface area contributed by atoms with E-state index in [2.05, 4.69) is 5.32 Å². The fourth-order valence-electron chi connectivity index (χ4n) is 0.951. The van der Waals surface area contributed by atoms with Crippen molar-refractivity contribution in [2.24, 2.45) is 5.73 Å². The topological polar surface area (TPSA) is 64.3 Å². The van der Waals surface area contributed by atoms with E-state index in [1.165, 1.54) is 0 Å². The predicted octanol–water partition coefficient (Wildman–Crippen LogP) is 2.67. The summed E-state index contributed by atoms with van der Waals surface area (Å²) in [5, 5.41) is 2.70. The lowest BCUT2D eigenvalue weighted by atomic mass is 10.2. The Morgan fingerprint density at radius 2 is 1.75 bits per heavy atom. The van der Waals surface area contributed by atoms with Gasteiger partial charge in [-0.25, -0.2) is 4.79 Å². The van der Waals surface area contributed by atoms with Gasteiger partial charge in [0, 0.05) is 6.54 Å². The monoisotopic (exact) mass is 232 g/mol. The van der Waals surface area contributed by atoms with Crippen molar-refractivity contribution in [3.05, 3.63) is 0 Å². The third kappa shape index (κ3) is 15.7. The molecule has 0 saturated carbocycles. The van der Waals surface area contributed by atoms with E-state index in [0.717, 1.165) is 19.3 Å². The minimum Gasteiger partial charge on any atom is -0.444 e. The van der Waals surface area contributed by atoms with Crippen LogP contribution in [0.3, 0.4) is 0 Å². The smallest absolute Gasteiger partial charge is 0.407 e. The largest absolute Gasteiger partial charge is 0.444 e. The second kappa shape index (κ2) is 10.7. The average molecular weight is 232 g/mol. The van der Waals surface area contributed by atoms with Gasteiger partial charge in [-0.1, -0.05) is 20.3 Å². The summed E-state index contributed by atoms with van der Waals surface area (Å²) < 4.78 is 5.07. The number of ether oxygens (including phenoxy) is 1. The molecule has 0 spiro atoms. The third-order valence-corrected chi connectivity index (χ3v) is 1.55. The number of carbonyl (C=O) groups excluding carboxylic acids is 1. The number of unbranched alkanes of at least 4 members (excludes halogenated alkanes) is 2. The summed E-state index contributed by atoms with van der Waals surface area (Å²) in [6.45, 7) is 10.9. The van der Waals surface area contributed by atoms with Crippen molar-refractivity contribution in [3.63, 3.8) is 0 Å². The first kappa shape index (κ1) is 17.6. The highest BCUT2D eigenvalue weighted by Crippen LogP contribution is 2.06. The summed E-state index contributed by atoms with van der Waals surface area (Å²) in [5.41, 5.74) is 4.93. The number of rotatable bonds is 5. The van der Waals surface area contributed by atoms with Crippen LogP contribution in [0.2, 0.25) is 0 Å². The van der Waals surface area contributed by atoms with Crippen LogP contribution in [0.25, 0.3) is 0 Å². The first-order valence-corrected chi connectivity index (χ1v) is 6.12. The molecule has 1 amide bonds. The first-order chi connectivity index (χ1) is 7.45. The number of nitrogens with one attached hydrogen (secondary N) is 1. The van der Waals surface area contributed by atoms with Gasteiger partial charge in [-0.15, -0.1) is 0 Å². The summed E-state index contributed by atoms with van der Waals surface area (Å²) in [5.74, 6) is 0. The Balaban J connectivity index is 0. The van der Waals surface area contributed by atoms with Crippen LogP contribution in [0.15, 0.2) is 0 Å². The summed E-state index contributed by atoms with van der Waals surface area (Å²) in [4.78, 5) is 11.1. The van der Waals surface area contributed by atoms with Crippen LogP contribution in [0.5, 0.6) is 0 Å². The number of nitrogens with two attached hydrogens (primary N) is 1.